The third-order valence-corrected chi connectivity index (χ3v) is 3.79. The predicted molar refractivity (Wildman–Crippen MR) is 70.5 cm³/mol. The average molecular weight is 272 g/mol. The number of aryl methyl sites for hydroxylation is 1. The summed E-state index contributed by atoms with van der Waals surface area (Å²) in [5, 5.41) is 0. The Hall–Kier alpha value is -1.23. The maximum atomic E-state index is 12.9. The van der Waals surface area contributed by atoms with Gasteiger partial charge in [0.25, 0.3) is 0 Å². The summed E-state index contributed by atoms with van der Waals surface area (Å²) in [6, 6.07) is 5.02. The summed E-state index contributed by atoms with van der Waals surface area (Å²) in [5.41, 5.74) is 0.417. The zero-order valence-electron chi connectivity index (χ0n) is 11.5. The summed E-state index contributed by atoms with van der Waals surface area (Å²) in [6.45, 7) is 3.09. The van der Waals surface area contributed by atoms with Gasteiger partial charge in [-0.05, 0) is 45.1 Å². The van der Waals surface area contributed by atoms with Crippen LogP contribution in [0.1, 0.15) is 17.5 Å². The Morgan fingerprint density at radius 1 is 1.26 bits per heavy atom. The van der Waals surface area contributed by atoms with E-state index >= 15 is 0 Å². The highest BCUT2D eigenvalue weighted by atomic mass is 19.4. The van der Waals surface area contributed by atoms with Crippen molar-refractivity contribution in [3.63, 3.8) is 0 Å². The van der Waals surface area contributed by atoms with Crippen LogP contribution in [-0.4, -0.2) is 38.1 Å². The van der Waals surface area contributed by atoms with E-state index in [9.17, 15) is 13.2 Å². The van der Waals surface area contributed by atoms with Crippen LogP contribution >= 0.6 is 0 Å². The van der Waals surface area contributed by atoms with E-state index in [-0.39, 0.29) is 5.56 Å². The minimum atomic E-state index is -4.28. The largest absolute Gasteiger partial charge is 0.416 e. The fourth-order valence-electron chi connectivity index (χ4n) is 2.51. The van der Waals surface area contributed by atoms with Gasteiger partial charge in [-0.15, -0.1) is 0 Å². The van der Waals surface area contributed by atoms with E-state index in [4.69, 9.17) is 0 Å². The lowest BCUT2D eigenvalue weighted by Gasteiger charge is -2.23. The van der Waals surface area contributed by atoms with Crippen molar-refractivity contribution in [2.24, 2.45) is 0 Å². The van der Waals surface area contributed by atoms with Gasteiger partial charge in [0.2, 0.25) is 0 Å². The highest BCUT2D eigenvalue weighted by Gasteiger charge is 2.33. The van der Waals surface area contributed by atoms with Gasteiger partial charge in [0.05, 0.1) is 5.56 Å². The molecule has 0 aliphatic carbocycles. The van der Waals surface area contributed by atoms with Gasteiger partial charge in [-0.3, -0.25) is 0 Å². The smallest absolute Gasteiger partial charge is 0.370 e. The lowest BCUT2D eigenvalue weighted by Crippen LogP contribution is -2.31. The number of halogens is 3. The van der Waals surface area contributed by atoms with E-state index < -0.39 is 11.7 Å². The van der Waals surface area contributed by atoms with E-state index in [1.54, 1.807) is 12.1 Å². The number of hydrogen-bond donors (Lipinski definition) is 0. The molecule has 19 heavy (non-hydrogen) atoms. The highest BCUT2D eigenvalue weighted by molar-refractivity contribution is 5.52. The number of anilines is 1. The van der Waals surface area contributed by atoms with Crippen LogP contribution in [0.5, 0.6) is 0 Å². The van der Waals surface area contributed by atoms with Gasteiger partial charge in [-0.2, -0.15) is 13.2 Å². The number of likely N-dealkylation sites (N-methyl/N-ethyl adjacent to an activating group) is 1. The van der Waals surface area contributed by atoms with Crippen LogP contribution in [0.15, 0.2) is 18.2 Å². The summed E-state index contributed by atoms with van der Waals surface area (Å²) in [4.78, 5) is 4.15. The monoisotopic (exact) mass is 272 g/mol. The molecule has 1 aliphatic rings. The third-order valence-electron chi connectivity index (χ3n) is 3.79. The molecule has 0 N–H and O–H groups in total. The minimum absolute atomic E-state index is 0.277. The van der Waals surface area contributed by atoms with E-state index in [2.05, 4.69) is 4.90 Å². The molecule has 0 spiro atoms. The first kappa shape index (κ1) is 14.2. The van der Waals surface area contributed by atoms with Crippen molar-refractivity contribution < 1.29 is 13.2 Å². The molecule has 1 aromatic carbocycles. The van der Waals surface area contributed by atoms with Crippen molar-refractivity contribution in [2.75, 3.05) is 32.1 Å². The van der Waals surface area contributed by atoms with Crippen LogP contribution in [0.25, 0.3) is 0 Å². The first-order valence-corrected chi connectivity index (χ1v) is 6.38. The Morgan fingerprint density at radius 3 is 2.47 bits per heavy atom. The predicted octanol–water partition coefficient (Wildman–Crippen LogP) is 3.15. The van der Waals surface area contributed by atoms with Crippen LogP contribution in [0.3, 0.4) is 0 Å². The van der Waals surface area contributed by atoms with Crippen molar-refractivity contribution >= 4 is 5.69 Å². The molecule has 5 heteroatoms. The summed E-state index contributed by atoms with van der Waals surface area (Å²) < 4.78 is 38.7. The molecule has 106 valence electrons. The molecule has 0 amide bonds. The normalized spacial score (nSPS) is 20.4. The maximum absolute atomic E-state index is 12.9. The Balaban J connectivity index is 2.23. The Labute approximate surface area is 111 Å². The fraction of sp³-hybridized carbons (Fsp3) is 0.571. The van der Waals surface area contributed by atoms with Gasteiger partial charge in [0.1, 0.15) is 0 Å². The fourth-order valence-corrected chi connectivity index (χ4v) is 2.51. The first-order valence-electron chi connectivity index (χ1n) is 6.38. The summed E-state index contributed by atoms with van der Waals surface area (Å²) in [5.74, 6) is 0. The summed E-state index contributed by atoms with van der Waals surface area (Å²) in [7, 11) is 4.01. The molecule has 1 aromatic rings. The number of benzene rings is 1. The zero-order valence-corrected chi connectivity index (χ0v) is 11.5. The number of hydrogen-bond acceptors (Lipinski definition) is 2. The molecule has 1 heterocycles. The average Bonchev–Trinajstić information content (AvgIpc) is 2.77. The quantitative estimate of drug-likeness (QED) is 0.816. The van der Waals surface area contributed by atoms with Crippen LogP contribution in [0.2, 0.25) is 0 Å². The van der Waals surface area contributed by atoms with Gasteiger partial charge < -0.3 is 9.80 Å². The Kier molecular flexibility index (Phi) is 3.76. The second kappa shape index (κ2) is 5.04. The van der Waals surface area contributed by atoms with Crippen molar-refractivity contribution in [3.05, 3.63) is 29.3 Å². The number of nitrogens with zero attached hydrogens (tertiary/aromatic N) is 2. The topological polar surface area (TPSA) is 6.48 Å². The molecule has 0 bridgehead atoms. The van der Waals surface area contributed by atoms with Crippen LogP contribution < -0.4 is 4.90 Å². The Bertz CT molecular complexity index is 454. The van der Waals surface area contributed by atoms with Gasteiger partial charge in [0, 0.05) is 24.8 Å². The van der Waals surface area contributed by atoms with Gasteiger partial charge in [-0.25, -0.2) is 0 Å². The molecule has 2 nitrogen and oxygen atoms in total. The van der Waals surface area contributed by atoms with Crippen molar-refractivity contribution in [1.29, 1.82) is 0 Å². The third kappa shape index (κ3) is 3.03. The Morgan fingerprint density at radius 2 is 1.95 bits per heavy atom. The molecule has 2 rings (SSSR count). The van der Waals surface area contributed by atoms with E-state index in [0.717, 1.165) is 19.5 Å². The first-order chi connectivity index (χ1) is 8.79. The van der Waals surface area contributed by atoms with Crippen molar-refractivity contribution in [1.82, 2.24) is 4.90 Å². The van der Waals surface area contributed by atoms with Crippen molar-refractivity contribution in [3.8, 4) is 0 Å². The van der Waals surface area contributed by atoms with E-state index in [1.165, 1.54) is 13.0 Å². The molecule has 1 aliphatic heterocycles. The second-order valence-electron chi connectivity index (χ2n) is 5.35. The summed E-state index contributed by atoms with van der Waals surface area (Å²) >= 11 is 0. The lowest BCUT2D eigenvalue weighted by atomic mass is 10.1. The second-order valence-corrected chi connectivity index (χ2v) is 5.35. The molecule has 0 unspecified atom stereocenters. The molecule has 0 radical (unpaired) electrons. The van der Waals surface area contributed by atoms with Crippen LogP contribution in [0.4, 0.5) is 18.9 Å². The molecule has 1 atom stereocenters. The van der Waals surface area contributed by atoms with E-state index in [1.807, 2.05) is 19.0 Å². The molecule has 1 saturated heterocycles. The highest BCUT2D eigenvalue weighted by Crippen LogP contribution is 2.35. The van der Waals surface area contributed by atoms with Crippen LogP contribution in [0, 0.1) is 6.92 Å². The van der Waals surface area contributed by atoms with Gasteiger partial charge >= 0.3 is 6.18 Å². The molecule has 0 aromatic heterocycles. The molecular formula is C14H19F3N2. The number of rotatable bonds is 2. The lowest BCUT2D eigenvalue weighted by molar-refractivity contribution is -0.138. The zero-order chi connectivity index (χ0) is 14.2. The molecule has 0 saturated carbocycles. The maximum Gasteiger partial charge on any atom is 0.416 e. The standard InChI is InChI=1S/C14H19F3N2/c1-10-4-5-11(8-13(10)14(15,16)17)19-7-6-12(9-19)18(2)3/h4-5,8,12H,6-7,9H2,1-3H3/t12-/m1/s1. The van der Waals surface area contributed by atoms with Crippen LogP contribution in [-0.2, 0) is 6.18 Å². The SMILES string of the molecule is Cc1ccc(N2CC[C@@H](N(C)C)C2)cc1C(F)(F)F. The number of alkyl halides is 3. The summed E-state index contributed by atoms with van der Waals surface area (Å²) in [6.07, 6.45) is -3.29. The minimum Gasteiger partial charge on any atom is -0.370 e. The van der Waals surface area contributed by atoms with Gasteiger partial charge in [0.15, 0.2) is 0 Å². The van der Waals surface area contributed by atoms with Gasteiger partial charge in [-0.1, -0.05) is 6.07 Å². The van der Waals surface area contributed by atoms with E-state index in [0.29, 0.717) is 11.7 Å². The van der Waals surface area contributed by atoms with Crippen molar-refractivity contribution in [2.45, 2.75) is 25.6 Å². The molecular weight excluding hydrogens is 253 g/mol. The molecule has 1 fully saturated rings.